The minimum atomic E-state index is 0.000986. The molecule has 0 atom stereocenters. The molecule has 0 saturated carbocycles. The Bertz CT molecular complexity index is 808. The highest BCUT2D eigenvalue weighted by molar-refractivity contribution is 6.30. The molecule has 3 rings (SSSR count). The minimum Gasteiger partial charge on any atom is -0.326 e. The standard InChI is InChI=1S/C21H23ClN4O/c22-19-3-1-2-18(14-19)16-26-12-10-25(11-13-26)9-8-21(27)24-20-6-4-17(15-23)5-7-20/h1-7,14H,8-13,16H2,(H,24,27). The number of halogens is 1. The molecule has 27 heavy (non-hydrogen) atoms. The summed E-state index contributed by atoms with van der Waals surface area (Å²) in [6, 6.07) is 17.0. The summed E-state index contributed by atoms with van der Waals surface area (Å²) < 4.78 is 0. The minimum absolute atomic E-state index is 0.000986. The lowest BCUT2D eigenvalue weighted by Crippen LogP contribution is -2.46. The fraction of sp³-hybridized carbons (Fsp3) is 0.333. The second-order valence-corrected chi connectivity index (χ2v) is 7.17. The van der Waals surface area contributed by atoms with Crippen LogP contribution in [0.5, 0.6) is 0 Å². The maximum atomic E-state index is 12.1. The lowest BCUT2D eigenvalue weighted by molar-refractivity contribution is -0.116. The van der Waals surface area contributed by atoms with Gasteiger partial charge in [-0.25, -0.2) is 0 Å². The average molecular weight is 383 g/mol. The van der Waals surface area contributed by atoms with Crippen molar-refractivity contribution < 1.29 is 4.79 Å². The second kappa shape index (κ2) is 9.52. The molecule has 140 valence electrons. The number of nitrogens with one attached hydrogen (secondary N) is 1. The van der Waals surface area contributed by atoms with Crippen LogP contribution in [-0.4, -0.2) is 48.4 Å². The largest absolute Gasteiger partial charge is 0.326 e. The van der Waals surface area contributed by atoms with Gasteiger partial charge in [0.25, 0.3) is 0 Å². The van der Waals surface area contributed by atoms with Gasteiger partial charge in [0.1, 0.15) is 0 Å². The molecule has 1 heterocycles. The quantitative estimate of drug-likeness (QED) is 0.832. The summed E-state index contributed by atoms with van der Waals surface area (Å²) in [6.45, 7) is 5.57. The number of anilines is 1. The number of amides is 1. The molecule has 1 saturated heterocycles. The van der Waals surface area contributed by atoms with Crippen molar-refractivity contribution in [1.82, 2.24) is 9.80 Å². The Morgan fingerprint density at radius 2 is 1.78 bits per heavy atom. The molecule has 2 aromatic rings. The molecule has 0 aromatic heterocycles. The van der Waals surface area contributed by atoms with Gasteiger partial charge in [0.2, 0.25) is 5.91 Å². The normalized spacial score (nSPS) is 15.3. The number of nitrogens with zero attached hydrogens (tertiary/aromatic N) is 3. The van der Waals surface area contributed by atoms with Crippen molar-refractivity contribution in [1.29, 1.82) is 5.26 Å². The first-order chi connectivity index (χ1) is 13.1. The van der Waals surface area contributed by atoms with Gasteiger partial charge in [0.05, 0.1) is 11.6 Å². The van der Waals surface area contributed by atoms with E-state index in [4.69, 9.17) is 16.9 Å². The molecule has 1 N–H and O–H groups in total. The highest BCUT2D eigenvalue weighted by atomic mass is 35.5. The molecule has 2 aromatic carbocycles. The topological polar surface area (TPSA) is 59.4 Å². The fourth-order valence-corrected chi connectivity index (χ4v) is 3.39. The van der Waals surface area contributed by atoms with Crippen LogP contribution >= 0.6 is 11.6 Å². The predicted molar refractivity (Wildman–Crippen MR) is 108 cm³/mol. The van der Waals surface area contributed by atoms with Crippen molar-refractivity contribution in [2.24, 2.45) is 0 Å². The summed E-state index contributed by atoms with van der Waals surface area (Å²) in [4.78, 5) is 16.9. The number of rotatable bonds is 6. The van der Waals surface area contributed by atoms with Crippen molar-refractivity contribution in [2.45, 2.75) is 13.0 Å². The third-order valence-electron chi connectivity index (χ3n) is 4.71. The van der Waals surface area contributed by atoms with Crippen molar-refractivity contribution >= 4 is 23.2 Å². The van der Waals surface area contributed by atoms with E-state index in [0.717, 1.165) is 50.0 Å². The van der Waals surface area contributed by atoms with E-state index in [0.29, 0.717) is 12.0 Å². The maximum Gasteiger partial charge on any atom is 0.225 e. The van der Waals surface area contributed by atoms with Gasteiger partial charge in [-0.05, 0) is 42.0 Å². The fourth-order valence-electron chi connectivity index (χ4n) is 3.18. The number of nitriles is 1. The Morgan fingerprint density at radius 1 is 1.07 bits per heavy atom. The zero-order valence-electron chi connectivity index (χ0n) is 15.2. The van der Waals surface area contributed by atoms with Crippen LogP contribution in [0.4, 0.5) is 5.69 Å². The molecule has 6 heteroatoms. The van der Waals surface area contributed by atoms with Gasteiger partial charge in [-0.15, -0.1) is 0 Å². The number of hydrogen-bond donors (Lipinski definition) is 1. The van der Waals surface area contributed by atoms with Gasteiger partial charge in [-0.3, -0.25) is 9.69 Å². The van der Waals surface area contributed by atoms with Crippen LogP contribution in [-0.2, 0) is 11.3 Å². The molecular weight excluding hydrogens is 360 g/mol. The lowest BCUT2D eigenvalue weighted by Gasteiger charge is -2.34. The Morgan fingerprint density at radius 3 is 2.44 bits per heavy atom. The van der Waals surface area contributed by atoms with E-state index < -0.39 is 0 Å². The Balaban J connectivity index is 1.37. The first kappa shape index (κ1) is 19.4. The molecule has 0 aliphatic carbocycles. The van der Waals surface area contributed by atoms with Crippen molar-refractivity contribution in [3.8, 4) is 6.07 Å². The molecule has 0 unspecified atom stereocenters. The third kappa shape index (κ3) is 6.07. The number of carbonyl (C=O) groups is 1. The zero-order valence-corrected chi connectivity index (χ0v) is 16.0. The first-order valence-corrected chi connectivity index (χ1v) is 9.49. The summed E-state index contributed by atoms with van der Waals surface area (Å²) in [5.74, 6) is 0.000986. The summed E-state index contributed by atoms with van der Waals surface area (Å²) in [5.41, 5.74) is 2.55. The SMILES string of the molecule is N#Cc1ccc(NC(=O)CCN2CCN(Cc3cccc(Cl)c3)CC2)cc1. The van der Waals surface area contributed by atoms with Crippen LogP contribution in [0.25, 0.3) is 0 Å². The molecular formula is C21H23ClN4O. The van der Waals surface area contributed by atoms with Crippen molar-refractivity contribution in [2.75, 3.05) is 38.0 Å². The van der Waals surface area contributed by atoms with E-state index in [1.54, 1.807) is 24.3 Å². The molecule has 1 fully saturated rings. The van der Waals surface area contributed by atoms with Gasteiger partial charge < -0.3 is 10.2 Å². The summed E-state index contributed by atoms with van der Waals surface area (Å²) >= 11 is 6.05. The van der Waals surface area contributed by atoms with E-state index in [-0.39, 0.29) is 5.91 Å². The summed E-state index contributed by atoms with van der Waals surface area (Å²) in [6.07, 6.45) is 0.467. The lowest BCUT2D eigenvalue weighted by atomic mass is 10.2. The smallest absolute Gasteiger partial charge is 0.225 e. The molecule has 5 nitrogen and oxygen atoms in total. The van der Waals surface area contributed by atoms with E-state index in [9.17, 15) is 4.79 Å². The third-order valence-corrected chi connectivity index (χ3v) is 4.95. The Labute approximate surface area is 165 Å². The van der Waals surface area contributed by atoms with Crippen LogP contribution in [0.3, 0.4) is 0 Å². The van der Waals surface area contributed by atoms with Gasteiger partial charge in [0.15, 0.2) is 0 Å². The van der Waals surface area contributed by atoms with Crippen LogP contribution in [0.15, 0.2) is 48.5 Å². The van der Waals surface area contributed by atoms with Crippen LogP contribution in [0.1, 0.15) is 17.5 Å². The molecule has 0 spiro atoms. The Hall–Kier alpha value is -2.39. The van der Waals surface area contributed by atoms with E-state index in [2.05, 4.69) is 27.3 Å². The molecule has 0 bridgehead atoms. The second-order valence-electron chi connectivity index (χ2n) is 6.74. The van der Waals surface area contributed by atoms with E-state index in [1.165, 1.54) is 5.56 Å². The summed E-state index contributed by atoms with van der Waals surface area (Å²) in [5, 5.41) is 12.5. The van der Waals surface area contributed by atoms with Crippen molar-refractivity contribution in [3.63, 3.8) is 0 Å². The number of carbonyl (C=O) groups excluding carboxylic acids is 1. The average Bonchev–Trinajstić information content (AvgIpc) is 2.68. The van der Waals surface area contributed by atoms with Crippen LogP contribution in [0, 0.1) is 11.3 Å². The highest BCUT2D eigenvalue weighted by Gasteiger charge is 2.17. The number of benzene rings is 2. The number of hydrogen-bond acceptors (Lipinski definition) is 4. The molecule has 1 aliphatic rings. The van der Waals surface area contributed by atoms with Gasteiger partial charge in [-0.2, -0.15) is 5.26 Å². The number of piperazine rings is 1. The first-order valence-electron chi connectivity index (χ1n) is 9.11. The maximum absolute atomic E-state index is 12.1. The van der Waals surface area contributed by atoms with Gasteiger partial charge in [-0.1, -0.05) is 23.7 Å². The summed E-state index contributed by atoms with van der Waals surface area (Å²) in [7, 11) is 0. The van der Waals surface area contributed by atoms with Gasteiger partial charge >= 0.3 is 0 Å². The predicted octanol–water partition coefficient (Wildman–Crippen LogP) is 3.36. The highest BCUT2D eigenvalue weighted by Crippen LogP contribution is 2.14. The van der Waals surface area contributed by atoms with E-state index in [1.807, 2.05) is 18.2 Å². The molecule has 0 radical (unpaired) electrons. The van der Waals surface area contributed by atoms with Crippen LogP contribution < -0.4 is 5.32 Å². The van der Waals surface area contributed by atoms with Crippen LogP contribution in [0.2, 0.25) is 5.02 Å². The zero-order chi connectivity index (χ0) is 19.1. The monoisotopic (exact) mass is 382 g/mol. The molecule has 1 amide bonds. The van der Waals surface area contributed by atoms with E-state index >= 15 is 0 Å². The van der Waals surface area contributed by atoms with Crippen molar-refractivity contribution in [3.05, 3.63) is 64.7 Å². The van der Waals surface area contributed by atoms with Gasteiger partial charge in [0, 0.05) is 56.4 Å². The molecule has 1 aliphatic heterocycles. The Kier molecular flexibility index (Phi) is 6.83.